The fourth-order valence-electron chi connectivity index (χ4n) is 2.96. The van der Waals surface area contributed by atoms with Gasteiger partial charge in [-0.05, 0) is 43.8 Å². The normalized spacial score (nSPS) is 21.0. The fraction of sp³-hybridized carbons (Fsp3) is 0.632. The zero-order valence-electron chi connectivity index (χ0n) is 15.0. The van der Waals surface area contributed by atoms with Crippen LogP contribution in [-0.4, -0.2) is 44.2 Å². The van der Waals surface area contributed by atoms with Gasteiger partial charge in [-0.2, -0.15) is 11.8 Å². The minimum Gasteiger partial charge on any atom is -0.373 e. The summed E-state index contributed by atoms with van der Waals surface area (Å²) in [5, 5.41) is 6.79. The number of thioether (sulfide) groups is 1. The molecule has 0 aliphatic carbocycles. The van der Waals surface area contributed by atoms with Crippen molar-refractivity contribution >= 4 is 17.7 Å². The van der Waals surface area contributed by atoms with Gasteiger partial charge in [-0.25, -0.2) is 0 Å². The van der Waals surface area contributed by atoms with Crippen LogP contribution in [0.15, 0.2) is 35.3 Å². The highest BCUT2D eigenvalue weighted by molar-refractivity contribution is 7.98. The summed E-state index contributed by atoms with van der Waals surface area (Å²) in [4.78, 5) is 4.80. The van der Waals surface area contributed by atoms with Crippen LogP contribution < -0.4 is 10.6 Å². The molecule has 2 N–H and O–H groups in total. The molecular formula is C19H31N3OS. The molecule has 1 fully saturated rings. The highest BCUT2D eigenvalue weighted by Gasteiger charge is 2.29. The van der Waals surface area contributed by atoms with Crippen molar-refractivity contribution < 1.29 is 4.74 Å². The lowest BCUT2D eigenvalue weighted by Crippen LogP contribution is -2.38. The number of nitrogens with zero attached hydrogens (tertiary/aromatic N) is 1. The van der Waals surface area contributed by atoms with Gasteiger partial charge >= 0.3 is 0 Å². The largest absolute Gasteiger partial charge is 0.373 e. The number of unbranched alkanes of at least 4 members (excludes halogenated alkanes) is 1. The van der Waals surface area contributed by atoms with Crippen LogP contribution in [0.25, 0.3) is 0 Å². The van der Waals surface area contributed by atoms with Gasteiger partial charge in [0.05, 0.1) is 6.10 Å². The summed E-state index contributed by atoms with van der Waals surface area (Å²) in [7, 11) is 0. The minimum absolute atomic E-state index is 0.180. The van der Waals surface area contributed by atoms with Gasteiger partial charge in [-0.1, -0.05) is 30.3 Å². The molecule has 1 saturated heterocycles. The van der Waals surface area contributed by atoms with E-state index in [0.29, 0.717) is 5.92 Å². The molecule has 0 saturated carbocycles. The van der Waals surface area contributed by atoms with Crippen molar-refractivity contribution in [3.63, 3.8) is 0 Å². The van der Waals surface area contributed by atoms with Crippen LogP contribution in [-0.2, 0) is 4.74 Å². The summed E-state index contributed by atoms with van der Waals surface area (Å²) in [6.07, 6.45) is 5.85. The van der Waals surface area contributed by atoms with Crippen LogP contribution >= 0.6 is 11.8 Å². The first-order valence-corrected chi connectivity index (χ1v) is 10.4. The van der Waals surface area contributed by atoms with Crippen molar-refractivity contribution in [3.8, 4) is 0 Å². The van der Waals surface area contributed by atoms with Crippen LogP contribution in [0.4, 0.5) is 0 Å². The van der Waals surface area contributed by atoms with Crippen molar-refractivity contribution in [2.45, 2.75) is 32.3 Å². The Hall–Kier alpha value is -1.20. The Balaban J connectivity index is 1.85. The molecule has 0 bridgehead atoms. The molecule has 1 aromatic rings. The second-order valence-corrected chi connectivity index (χ2v) is 7.08. The van der Waals surface area contributed by atoms with Crippen LogP contribution in [0.1, 0.15) is 37.9 Å². The second-order valence-electron chi connectivity index (χ2n) is 6.10. The molecule has 4 nitrogen and oxygen atoms in total. The number of hydrogen-bond donors (Lipinski definition) is 2. The van der Waals surface area contributed by atoms with Crippen LogP contribution in [0.3, 0.4) is 0 Å². The molecule has 0 amide bonds. The van der Waals surface area contributed by atoms with E-state index in [0.717, 1.165) is 38.6 Å². The topological polar surface area (TPSA) is 45.7 Å². The zero-order valence-corrected chi connectivity index (χ0v) is 15.8. The average molecular weight is 350 g/mol. The summed E-state index contributed by atoms with van der Waals surface area (Å²) in [5.74, 6) is 2.62. The Kier molecular flexibility index (Phi) is 9.06. The number of rotatable bonds is 9. The third kappa shape index (κ3) is 6.36. The lowest BCUT2D eigenvalue weighted by Gasteiger charge is -2.18. The van der Waals surface area contributed by atoms with Crippen LogP contribution in [0, 0.1) is 5.92 Å². The van der Waals surface area contributed by atoms with Crippen molar-refractivity contribution in [1.82, 2.24) is 10.6 Å². The molecule has 1 aromatic carbocycles. The molecule has 0 aromatic heterocycles. The molecule has 1 heterocycles. The summed E-state index contributed by atoms with van der Waals surface area (Å²) in [5.41, 5.74) is 1.27. The van der Waals surface area contributed by atoms with E-state index in [1.54, 1.807) is 0 Å². The van der Waals surface area contributed by atoms with Gasteiger partial charge in [0.15, 0.2) is 5.96 Å². The van der Waals surface area contributed by atoms with Gasteiger partial charge in [0.2, 0.25) is 0 Å². The molecule has 2 unspecified atom stereocenters. The SMILES string of the molecule is CCNC(=NCC1CCOC1c1ccccc1)NCCCCSC. The molecule has 134 valence electrons. The zero-order chi connectivity index (χ0) is 17.0. The Bertz CT molecular complexity index is 481. The standard InChI is InChI=1S/C19H31N3OS/c1-3-20-19(21-12-7-8-14-24-2)22-15-17-11-13-23-18(17)16-9-5-4-6-10-16/h4-6,9-10,17-18H,3,7-8,11-15H2,1-2H3,(H2,20,21,22). The number of aliphatic imine (C=N–C) groups is 1. The highest BCUT2D eigenvalue weighted by Crippen LogP contribution is 2.34. The van der Waals surface area contributed by atoms with Crippen LogP contribution in [0.2, 0.25) is 0 Å². The molecule has 1 aliphatic heterocycles. The molecule has 5 heteroatoms. The maximum Gasteiger partial charge on any atom is 0.191 e. The van der Waals surface area contributed by atoms with Crippen LogP contribution in [0.5, 0.6) is 0 Å². The summed E-state index contributed by atoms with van der Waals surface area (Å²) in [6.45, 7) is 5.62. The van der Waals surface area contributed by atoms with Crippen molar-refractivity contribution in [1.29, 1.82) is 0 Å². The van der Waals surface area contributed by atoms with Crippen molar-refractivity contribution in [3.05, 3.63) is 35.9 Å². The maximum absolute atomic E-state index is 5.96. The quantitative estimate of drug-likeness (QED) is 0.407. The number of benzene rings is 1. The highest BCUT2D eigenvalue weighted by atomic mass is 32.2. The van der Waals surface area contributed by atoms with Gasteiger partial charge in [-0.15, -0.1) is 0 Å². The first-order valence-electron chi connectivity index (χ1n) is 9.02. The van der Waals surface area contributed by atoms with E-state index < -0.39 is 0 Å². The van der Waals surface area contributed by atoms with E-state index in [2.05, 4.69) is 54.1 Å². The number of ether oxygens (including phenoxy) is 1. The Morgan fingerprint density at radius 3 is 2.83 bits per heavy atom. The third-order valence-electron chi connectivity index (χ3n) is 4.24. The molecule has 2 rings (SSSR count). The predicted octanol–water partition coefficient (Wildman–Crippen LogP) is 3.46. The smallest absolute Gasteiger partial charge is 0.191 e. The summed E-state index contributed by atoms with van der Waals surface area (Å²) < 4.78 is 5.96. The van der Waals surface area contributed by atoms with Gasteiger partial charge in [0.1, 0.15) is 0 Å². The van der Waals surface area contributed by atoms with E-state index in [9.17, 15) is 0 Å². The van der Waals surface area contributed by atoms with E-state index in [4.69, 9.17) is 9.73 Å². The Morgan fingerprint density at radius 2 is 2.08 bits per heavy atom. The molecule has 2 atom stereocenters. The fourth-order valence-corrected chi connectivity index (χ4v) is 3.45. The monoisotopic (exact) mass is 349 g/mol. The Morgan fingerprint density at radius 1 is 1.25 bits per heavy atom. The lowest BCUT2D eigenvalue weighted by atomic mass is 9.95. The van der Waals surface area contributed by atoms with Crippen molar-refractivity contribution in [2.75, 3.05) is 38.2 Å². The summed E-state index contributed by atoms with van der Waals surface area (Å²) >= 11 is 1.91. The molecule has 1 aliphatic rings. The van der Waals surface area contributed by atoms with Gasteiger partial charge in [0, 0.05) is 32.2 Å². The molecule has 24 heavy (non-hydrogen) atoms. The molecular weight excluding hydrogens is 318 g/mol. The van der Waals surface area contributed by atoms with E-state index in [1.165, 1.54) is 24.2 Å². The molecule has 0 radical (unpaired) electrons. The van der Waals surface area contributed by atoms with Crippen molar-refractivity contribution in [2.24, 2.45) is 10.9 Å². The predicted molar refractivity (Wildman–Crippen MR) is 105 cm³/mol. The second kappa shape index (κ2) is 11.4. The molecule has 0 spiro atoms. The first-order chi connectivity index (χ1) is 11.8. The Labute approximate surface area is 150 Å². The maximum atomic E-state index is 5.96. The number of nitrogens with one attached hydrogen (secondary N) is 2. The number of hydrogen-bond acceptors (Lipinski definition) is 3. The average Bonchev–Trinajstić information content (AvgIpc) is 3.08. The lowest BCUT2D eigenvalue weighted by molar-refractivity contribution is 0.0925. The first kappa shape index (κ1) is 19.1. The van der Waals surface area contributed by atoms with E-state index in [1.807, 2.05) is 11.8 Å². The van der Waals surface area contributed by atoms with Gasteiger partial charge in [-0.3, -0.25) is 4.99 Å². The van der Waals surface area contributed by atoms with Gasteiger partial charge < -0.3 is 15.4 Å². The van der Waals surface area contributed by atoms with E-state index >= 15 is 0 Å². The van der Waals surface area contributed by atoms with Gasteiger partial charge in [0.25, 0.3) is 0 Å². The third-order valence-corrected chi connectivity index (χ3v) is 4.94. The van der Waals surface area contributed by atoms with E-state index in [-0.39, 0.29) is 6.10 Å². The number of guanidine groups is 1. The summed E-state index contributed by atoms with van der Waals surface area (Å²) in [6, 6.07) is 10.5. The minimum atomic E-state index is 0.180.